The summed E-state index contributed by atoms with van der Waals surface area (Å²) in [5.41, 5.74) is 0.116. The van der Waals surface area contributed by atoms with E-state index >= 15 is 0 Å². The van der Waals surface area contributed by atoms with Crippen LogP contribution in [0.3, 0.4) is 0 Å². The van der Waals surface area contributed by atoms with Crippen molar-refractivity contribution in [3.05, 3.63) is 24.8 Å². The van der Waals surface area contributed by atoms with E-state index in [2.05, 4.69) is 45.2 Å². The smallest absolute Gasteiger partial charge is 0.00658 e. The second-order valence-electron chi connectivity index (χ2n) is 3.36. The Labute approximate surface area is 82.2 Å². The maximum absolute atomic E-state index is 4.35. The molecule has 2 unspecified atom stereocenters. The Balaban J connectivity index is 4.57. The maximum atomic E-state index is 4.35. The van der Waals surface area contributed by atoms with Crippen LogP contribution in [0.2, 0.25) is 0 Å². The number of rotatable bonds is 5. The largest absolute Gasteiger partial charge is 0.179 e. The molecule has 0 aliphatic rings. The van der Waals surface area contributed by atoms with Crippen molar-refractivity contribution in [2.24, 2.45) is 11.3 Å². The van der Waals surface area contributed by atoms with Crippen LogP contribution in [0.25, 0.3) is 0 Å². The molecule has 1 heteroatoms. The summed E-state index contributed by atoms with van der Waals surface area (Å²) in [6, 6.07) is 0. The first kappa shape index (κ1) is 11.8. The zero-order valence-corrected chi connectivity index (χ0v) is 9.27. The Morgan fingerprint density at radius 3 is 2.42 bits per heavy atom. The normalized spacial score (nSPS) is 19.0. The lowest BCUT2D eigenvalue weighted by molar-refractivity contribution is 0.350. The van der Waals surface area contributed by atoms with Gasteiger partial charge in [-0.1, -0.05) is 38.5 Å². The van der Waals surface area contributed by atoms with E-state index in [1.54, 1.807) is 0 Å². The molecule has 0 aliphatic heterocycles. The summed E-state index contributed by atoms with van der Waals surface area (Å²) in [6.07, 6.45) is 7.48. The molecule has 0 nitrogen and oxygen atoms in total. The highest BCUT2D eigenvalue weighted by molar-refractivity contribution is 7.80. The standard InChI is InChI=1S/C11H20S/c1-5-8-11(4,7-3)10(6-2)9-12/h5,7-8,10,12H,3,6,9H2,1-2,4H3/b8-5-. The minimum Gasteiger partial charge on any atom is -0.179 e. The fourth-order valence-corrected chi connectivity index (χ4v) is 2.15. The lowest BCUT2D eigenvalue weighted by Gasteiger charge is -2.30. The summed E-state index contributed by atoms with van der Waals surface area (Å²) in [7, 11) is 0. The minimum atomic E-state index is 0.116. The molecule has 0 bridgehead atoms. The maximum Gasteiger partial charge on any atom is 0.00658 e. The molecule has 0 spiro atoms. The van der Waals surface area contributed by atoms with E-state index in [9.17, 15) is 0 Å². The molecule has 0 fully saturated rings. The molecule has 0 aromatic carbocycles. The average molecular weight is 184 g/mol. The van der Waals surface area contributed by atoms with Crippen molar-refractivity contribution < 1.29 is 0 Å². The van der Waals surface area contributed by atoms with E-state index < -0.39 is 0 Å². The Morgan fingerprint density at radius 1 is 1.58 bits per heavy atom. The molecule has 2 atom stereocenters. The van der Waals surface area contributed by atoms with Gasteiger partial charge in [-0.2, -0.15) is 12.6 Å². The van der Waals surface area contributed by atoms with Crippen molar-refractivity contribution in [2.45, 2.75) is 27.2 Å². The van der Waals surface area contributed by atoms with Gasteiger partial charge >= 0.3 is 0 Å². The highest BCUT2D eigenvalue weighted by Gasteiger charge is 2.25. The molecule has 0 saturated carbocycles. The average Bonchev–Trinajstić information content (AvgIpc) is 2.07. The Hall–Kier alpha value is -0.170. The van der Waals surface area contributed by atoms with E-state index in [-0.39, 0.29) is 5.41 Å². The fourth-order valence-electron chi connectivity index (χ4n) is 1.50. The van der Waals surface area contributed by atoms with Crippen LogP contribution in [0.4, 0.5) is 0 Å². The summed E-state index contributed by atoms with van der Waals surface area (Å²) in [6.45, 7) is 10.3. The quantitative estimate of drug-likeness (QED) is 0.489. The lowest BCUT2D eigenvalue weighted by Crippen LogP contribution is -2.23. The zero-order chi connectivity index (χ0) is 9.61. The number of hydrogen-bond donors (Lipinski definition) is 1. The highest BCUT2D eigenvalue weighted by atomic mass is 32.1. The third kappa shape index (κ3) is 2.71. The molecule has 0 saturated heterocycles. The Bertz CT molecular complexity index is 156. The van der Waals surface area contributed by atoms with Crippen LogP contribution in [0.5, 0.6) is 0 Å². The van der Waals surface area contributed by atoms with Crippen molar-refractivity contribution in [1.82, 2.24) is 0 Å². The summed E-state index contributed by atoms with van der Waals surface area (Å²) < 4.78 is 0. The second-order valence-corrected chi connectivity index (χ2v) is 3.72. The number of allylic oxidation sites excluding steroid dienone is 3. The molecule has 0 aliphatic carbocycles. The first-order valence-corrected chi connectivity index (χ1v) is 5.16. The number of thiol groups is 1. The van der Waals surface area contributed by atoms with Crippen LogP contribution in [-0.2, 0) is 0 Å². The van der Waals surface area contributed by atoms with E-state index in [0.29, 0.717) is 5.92 Å². The Morgan fingerprint density at radius 2 is 2.17 bits per heavy atom. The van der Waals surface area contributed by atoms with Gasteiger partial charge in [0.2, 0.25) is 0 Å². The molecular weight excluding hydrogens is 164 g/mol. The van der Waals surface area contributed by atoms with Gasteiger partial charge in [-0.05, 0) is 18.6 Å². The van der Waals surface area contributed by atoms with Crippen molar-refractivity contribution in [3.63, 3.8) is 0 Å². The van der Waals surface area contributed by atoms with E-state index in [0.717, 1.165) is 12.2 Å². The van der Waals surface area contributed by atoms with Crippen LogP contribution in [0.1, 0.15) is 27.2 Å². The highest BCUT2D eigenvalue weighted by Crippen LogP contribution is 2.33. The zero-order valence-electron chi connectivity index (χ0n) is 8.38. The number of hydrogen-bond acceptors (Lipinski definition) is 1. The van der Waals surface area contributed by atoms with Gasteiger partial charge in [-0.25, -0.2) is 0 Å². The summed E-state index contributed by atoms with van der Waals surface area (Å²) in [5.74, 6) is 1.51. The Kier molecular flexibility index (Phi) is 5.39. The molecule has 0 heterocycles. The van der Waals surface area contributed by atoms with E-state index in [1.807, 2.05) is 13.0 Å². The summed E-state index contributed by atoms with van der Waals surface area (Å²) in [4.78, 5) is 0. The fraction of sp³-hybridized carbons (Fsp3) is 0.636. The lowest BCUT2D eigenvalue weighted by atomic mass is 9.76. The third-order valence-electron chi connectivity index (χ3n) is 2.56. The van der Waals surface area contributed by atoms with Crippen LogP contribution >= 0.6 is 12.6 Å². The van der Waals surface area contributed by atoms with Crippen LogP contribution < -0.4 is 0 Å². The predicted molar refractivity (Wildman–Crippen MR) is 60.8 cm³/mol. The molecule has 0 aromatic heterocycles. The monoisotopic (exact) mass is 184 g/mol. The van der Waals surface area contributed by atoms with Gasteiger partial charge in [0.15, 0.2) is 0 Å². The van der Waals surface area contributed by atoms with Crippen molar-refractivity contribution in [2.75, 3.05) is 5.75 Å². The van der Waals surface area contributed by atoms with Crippen molar-refractivity contribution in [3.8, 4) is 0 Å². The molecular formula is C11H20S. The van der Waals surface area contributed by atoms with Crippen molar-refractivity contribution in [1.29, 1.82) is 0 Å². The summed E-state index contributed by atoms with van der Waals surface area (Å²) in [5, 5.41) is 0. The third-order valence-corrected chi connectivity index (χ3v) is 3.00. The molecule has 0 radical (unpaired) electrons. The topological polar surface area (TPSA) is 0 Å². The van der Waals surface area contributed by atoms with E-state index in [4.69, 9.17) is 0 Å². The van der Waals surface area contributed by atoms with Gasteiger partial charge < -0.3 is 0 Å². The van der Waals surface area contributed by atoms with E-state index in [1.165, 1.54) is 0 Å². The predicted octanol–water partition coefficient (Wildman–Crippen LogP) is 3.71. The molecule has 0 aromatic rings. The van der Waals surface area contributed by atoms with Gasteiger partial charge in [-0.15, -0.1) is 6.58 Å². The first-order valence-electron chi connectivity index (χ1n) is 4.52. The van der Waals surface area contributed by atoms with Crippen molar-refractivity contribution >= 4 is 12.6 Å². The minimum absolute atomic E-state index is 0.116. The SMILES string of the molecule is C=CC(C)(/C=C\C)C(CC)CS. The van der Waals surface area contributed by atoms with Gasteiger partial charge in [-0.3, -0.25) is 0 Å². The van der Waals surface area contributed by atoms with Gasteiger partial charge in [0, 0.05) is 5.41 Å². The van der Waals surface area contributed by atoms with Crippen LogP contribution in [0, 0.1) is 11.3 Å². The van der Waals surface area contributed by atoms with Gasteiger partial charge in [0.1, 0.15) is 0 Å². The van der Waals surface area contributed by atoms with Gasteiger partial charge in [0.05, 0.1) is 0 Å². The van der Waals surface area contributed by atoms with Gasteiger partial charge in [0.25, 0.3) is 0 Å². The second kappa shape index (κ2) is 5.47. The van der Waals surface area contributed by atoms with Crippen LogP contribution in [-0.4, -0.2) is 5.75 Å². The molecule has 0 N–H and O–H groups in total. The molecule has 12 heavy (non-hydrogen) atoms. The van der Waals surface area contributed by atoms with Crippen LogP contribution in [0.15, 0.2) is 24.8 Å². The summed E-state index contributed by atoms with van der Waals surface area (Å²) >= 11 is 4.35. The molecule has 70 valence electrons. The first-order chi connectivity index (χ1) is 5.64. The molecule has 0 amide bonds. The molecule has 0 rings (SSSR count).